The minimum absolute atomic E-state index is 0.0413. The van der Waals surface area contributed by atoms with Crippen molar-refractivity contribution in [3.8, 4) is 11.5 Å². The molecule has 0 spiro atoms. The van der Waals surface area contributed by atoms with Gasteiger partial charge in [-0.2, -0.15) is 0 Å². The van der Waals surface area contributed by atoms with E-state index in [2.05, 4.69) is 15.6 Å². The van der Waals surface area contributed by atoms with Gasteiger partial charge in [0.15, 0.2) is 0 Å². The van der Waals surface area contributed by atoms with Gasteiger partial charge in [0.05, 0.1) is 19.9 Å². The van der Waals surface area contributed by atoms with Gasteiger partial charge in [-0.1, -0.05) is 0 Å². The zero-order valence-electron chi connectivity index (χ0n) is 15.7. The van der Waals surface area contributed by atoms with E-state index in [0.717, 1.165) is 0 Å². The van der Waals surface area contributed by atoms with Crippen LogP contribution in [0.5, 0.6) is 11.5 Å². The van der Waals surface area contributed by atoms with Crippen LogP contribution in [0.2, 0.25) is 0 Å². The van der Waals surface area contributed by atoms with Gasteiger partial charge < -0.3 is 20.1 Å². The van der Waals surface area contributed by atoms with Crippen molar-refractivity contribution in [2.24, 2.45) is 0 Å². The number of amides is 2. The number of hydrogen-bond donors (Lipinski definition) is 2. The third-order valence-electron chi connectivity index (χ3n) is 4.01. The Morgan fingerprint density at radius 2 is 1.66 bits per heavy atom. The van der Waals surface area contributed by atoms with E-state index in [1.54, 1.807) is 18.2 Å². The summed E-state index contributed by atoms with van der Waals surface area (Å²) in [4.78, 5) is 29.0. The molecule has 2 amide bonds. The Balaban J connectivity index is 1.77. The fourth-order valence-corrected chi connectivity index (χ4v) is 2.53. The Hall–Kier alpha value is -3.94. The van der Waals surface area contributed by atoms with Gasteiger partial charge in [0, 0.05) is 23.5 Å². The summed E-state index contributed by atoms with van der Waals surface area (Å²) >= 11 is 0. The standard InChI is InChI=1S/C21H18FN3O4/c1-28-16-7-8-19(29-2)17(12-16)25-20(26)13-9-10-23-18(11-13)21(27)24-15-5-3-14(22)4-6-15/h3-12H,1-2H3,(H,24,27)(H,25,26). The molecule has 3 rings (SSSR count). The second-order valence-electron chi connectivity index (χ2n) is 5.91. The molecule has 0 saturated carbocycles. The number of benzene rings is 2. The first-order valence-electron chi connectivity index (χ1n) is 8.56. The van der Waals surface area contributed by atoms with Crippen LogP contribution in [0.3, 0.4) is 0 Å². The maximum Gasteiger partial charge on any atom is 0.274 e. The van der Waals surface area contributed by atoms with E-state index >= 15 is 0 Å². The summed E-state index contributed by atoms with van der Waals surface area (Å²) in [5.74, 6) is -0.370. The van der Waals surface area contributed by atoms with Gasteiger partial charge in [0.1, 0.15) is 23.0 Å². The molecule has 2 N–H and O–H groups in total. The third kappa shape index (κ3) is 4.86. The van der Waals surface area contributed by atoms with Gasteiger partial charge in [-0.05, 0) is 48.5 Å². The number of rotatable bonds is 6. The molecule has 2 aromatic carbocycles. The molecular formula is C21H18FN3O4. The molecular weight excluding hydrogens is 377 g/mol. The highest BCUT2D eigenvalue weighted by atomic mass is 19.1. The number of hydrogen-bond acceptors (Lipinski definition) is 5. The van der Waals surface area contributed by atoms with E-state index in [0.29, 0.717) is 22.9 Å². The summed E-state index contributed by atoms with van der Waals surface area (Å²) < 4.78 is 23.4. The lowest BCUT2D eigenvalue weighted by atomic mass is 10.2. The minimum atomic E-state index is -0.523. The van der Waals surface area contributed by atoms with Crippen molar-refractivity contribution < 1.29 is 23.5 Å². The Bertz CT molecular complexity index is 1040. The average Bonchev–Trinajstić information content (AvgIpc) is 2.75. The smallest absolute Gasteiger partial charge is 0.274 e. The van der Waals surface area contributed by atoms with Crippen LogP contribution in [-0.4, -0.2) is 31.0 Å². The second kappa shape index (κ2) is 8.83. The van der Waals surface area contributed by atoms with E-state index in [4.69, 9.17) is 9.47 Å². The van der Waals surface area contributed by atoms with Crippen LogP contribution in [0.4, 0.5) is 15.8 Å². The molecule has 3 aromatic rings. The zero-order chi connectivity index (χ0) is 20.8. The summed E-state index contributed by atoms with van der Waals surface area (Å²) in [6, 6.07) is 13.2. The number of pyridine rings is 1. The molecule has 1 aromatic heterocycles. The Labute approximate surface area is 166 Å². The highest BCUT2D eigenvalue weighted by molar-refractivity contribution is 6.08. The van der Waals surface area contributed by atoms with Crippen molar-refractivity contribution in [1.29, 1.82) is 0 Å². The second-order valence-corrected chi connectivity index (χ2v) is 5.91. The van der Waals surface area contributed by atoms with Gasteiger partial charge in [-0.3, -0.25) is 14.6 Å². The summed E-state index contributed by atoms with van der Waals surface area (Å²) in [6.07, 6.45) is 1.36. The molecule has 0 aliphatic heterocycles. The molecule has 0 radical (unpaired) electrons. The normalized spacial score (nSPS) is 10.2. The van der Waals surface area contributed by atoms with Crippen LogP contribution in [0.15, 0.2) is 60.8 Å². The molecule has 29 heavy (non-hydrogen) atoms. The van der Waals surface area contributed by atoms with E-state index < -0.39 is 17.6 Å². The molecule has 1 heterocycles. The largest absolute Gasteiger partial charge is 0.497 e. The van der Waals surface area contributed by atoms with Crippen molar-refractivity contribution in [2.45, 2.75) is 0 Å². The van der Waals surface area contributed by atoms with E-state index in [9.17, 15) is 14.0 Å². The number of carbonyl (C=O) groups excluding carboxylic acids is 2. The van der Waals surface area contributed by atoms with Gasteiger partial charge >= 0.3 is 0 Å². The van der Waals surface area contributed by atoms with Crippen LogP contribution in [0.1, 0.15) is 20.8 Å². The molecule has 0 aliphatic rings. The fraction of sp³-hybridized carbons (Fsp3) is 0.0952. The van der Waals surface area contributed by atoms with Crippen LogP contribution in [-0.2, 0) is 0 Å². The highest BCUT2D eigenvalue weighted by Gasteiger charge is 2.14. The summed E-state index contributed by atoms with van der Waals surface area (Å²) in [5.41, 5.74) is 1.11. The quantitative estimate of drug-likeness (QED) is 0.664. The van der Waals surface area contributed by atoms with Crippen molar-refractivity contribution in [1.82, 2.24) is 4.98 Å². The number of nitrogens with zero attached hydrogens (tertiary/aromatic N) is 1. The molecule has 148 valence electrons. The Kier molecular flexibility index (Phi) is 6.03. The molecule has 0 saturated heterocycles. The van der Waals surface area contributed by atoms with Crippen molar-refractivity contribution in [3.63, 3.8) is 0 Å². The molecule has 0 bridgehead atoms. The lowest BCUT2D eigenvalue weighted by Crippen LogP contribution is -2.17. The Morgan fingerprint density at radius 1 is 0.897 bits per heavy atom. The van der Waals surface area contributed by atoms with E-state index in [1.807, 2.05) is 0 Å². The molecule has 0 aliphatic carbocycles. The number of ether oxygens (including phenoxy) is 2. The van der Waals surface area contributed by atoms with Crippen molar-refractivity contribution >= 4 is 23.2 Å². The zero-order valence-corrected chi connectivity index (χ0v) is 15.7. The molecule has 0 fully saturated rings. The number of nitrogens with one attached hydrogen (secondary N) is 2. The lowest BCUT2D eigenvalue weighted by Gasteiger charge is -2.12. The molecule has 7 nitrogen and oxygen atoms in total. The summed E-state index contributed by atoms with van der Waals surface area (Å²) in [6.45, 7) is 0. The topological polar surface area (TPSA) is 89.6 Å². The number of anilines is 2. The van der Waals surface area contributed by atoms with Gasteiger partial charge in [-0.15, -0.1) is 0 Å². The first-order chi connectivity index (χ1) is 14.0. The SMILES string of the molecule is COc1ccc(OC)c(NC(=O)c2ccnc(C(=O)Nc3ccc(F)cc3)c2)c1. The first-order valence-corrected chi connectivity index (χ1v) is 8.56. The maximum absolute atomic E-state index is 13.0. The van der Waals surface area contributed by atoms with Gasteiger partial charge in [-0.25, -0.2) is 4.39 Å². The van der Waals surface area contributed by atoms with Crippen LogP contribution in [0.25, 0.3) is 0 Å². The molecule has 0 unspecified atom stereocenters. The predicted octanol–water partition coefficient (Wildman–Crippen LogP) is 3.74. The number of methoxy groups -OCH3 is 2. The van der Waals surface area contributed by atoms with Crippen molar-refractivity contribution in [3.05, 3.63) is 77.9 Å². The van der Waals surface area contributed by atoms with Crippen LogP contribution < -0.4 is 20.1 Å². The van der Waals surface area contributed by atoms with E-state index in [-0.39, 0.29) is 11.3 Å². The van der Waals surface area contributed by atoms with E-state index in [1.165, 1.54) is 56.8 Å². The number of aromatic nitrogens is 1. The predicted molar refractivity (Wildman–Crippen MR) is 106 cm³/mol. The fourth-order valence-electron chi connectivity index (χ4n) is 2.53. The van der Waals surface area contributed by atoms with Crippen molar-refractivity contribution in [2.75, 3.05) is 24.9 Å². The summed E-state index contributed by atoms with van der Waals surface area (Å²) in [5, 5.41) is 5.33. The van der Waals surface area contributed by atoms with Gasteiger partial charge in [0.25, 0.3) is 11.8 Å². The molecule has 8 heteroatoms. The highest BCUT2D eigenvalue weighted by Crippen LogP contribution is 2.29. The van der Waals surface area contributed by atoms with Gasteiger partial charge in [0.2, 0.25) is 0 Å². The Morgan fingerprint density at radius 3 is 2.34 bits per heavy atom. The monoisotopic (exact) mass is 395 g/mol. The minimum Gasteiger partial charge on any atom is -0.497 e. The lowest BCUT2D eigenvalue weighted by molar-refractivity contribution is 0.102. The van der Waals surface area contributed by atoms with Crippen LogP contribution >= 0.6 is 0 Å². The van der Waals surface area contributed by atoms with Crippen LogP contribution in [0, 0.1) is 5.82 Å². The summed E-state index contributed by atoms with van der Waals surface area (Å²) in [7, 11) is 3.00. The molecule has 0 atom stereocenters. The third-order valence-corrected chi connectivity index (χ3v) is 4.01. The average molecular weight is 395 g/mol. The number of carbonyl (C=O) groups is 2. The maximum atomic E-state index is 13.0. The first kappa shape index (κ1) is 19.8. The number of halogens is 1.